The first-order chi connectivity index (χ1) is 13.8. The zero-order valence-electron chi connectivity index (χ0n) is 17.6. The van der Waals surface area contributed by atoms with Gasteiger partial charge in [-0.2, -0.15) is 0 Å². The van der Waals surface area contributed by atoms with Gasteiger partial charge in [-0.25, -0.2) is 4.98 Å². The summed E-state index contributed by atoms with van der Waals surface area (Å²) in [4.78, 5) is 11.6. The van der Waals surface area contributed by atoms with Gasteiger partial charge in [-0.15, -0.1) is 24.0 Å². The Labute approximate surface area is 192 Å². The van der Waals surface area contributed by atoms with Gasteiger partial charge in [-0.05, 0) is 55.9 Å². The first-order valence-electron chi connectivity index (χ1n) is 10.6. The van der Waals surface area contributed by atoms with E-state index in [2.05, 4.69) is 70.8 Å². The standard InChI is InChI=1S/C23H33N5.HI/c1-3-19-8-10-20(11-9-19)12-16-26-23(24-4-2)27-21-13-17-28(18-14-21)22-7-5-6-15-25-22;/h5-11,15,21H,3-4,12-14,16-18H2,1-2H3,(H2,24,26,27);1H. The number of piperidine rings is 1. The van der Waals surface area contributed by atoms with E-state index in [1.165, 1.54) is 11.1 Å². The minimum atomic E-state index is 0. The van der Waals surface area contributed by atoms with Crippen LogP contribution in [0.2, 0.25) is 0 Å². The lowest BCUT2D eigenvalue weighted by Crippen LogP contribution is -2.49. The first kappa shape index (κ1) is 23.4. The van der Waals surface area contributed by atoms with Crippen molar-refractivity contribution in [2.24, 2.45) is 4.99 Å². The average Bonchev–Trinajstić information content (AvgIpc) is 2.75. The molecule has 2 aromatic rings. The second-order valence-corrected chi connectivity index (χ2v) is 7.27. The normalized spacial score (nSPS) is 15.0. The molecule has 1 aromatic heterocycles. The number of aliphatic imine (C=N–C) groups is 1. The lowest BCUT2D eigenvalue weighted by atomic mass is 10.1. The predicted octanol–water partition coefficient (Wildman–Crippen LogP) is 4.03. The fraction of sp³-hybridized carbons (Fsp3) is 0.478. The maximum atomic E-state index is 4.79. The summed E-state index contributed by atoms with van der Waals surface area (Å²) in [5.41, 5.74) is 2.74. The van der Waals surface area contributed by atoms with Crippen molar-refractivity contribution in [2.45, 2.75) is 45.6 Å². The molecule has 3 rings (SSSR count). The number of anilines is 1. The van der Waals surface area contributed by atoms with E-state index in [-0.39, 0.29) is 24.0 Å². The summed E-state index contributed by atoms with van der Waals surface area (Å²) in [6.45, 7) is 8.03. The van der Waals surface area contributed by atoms with Crippen molar-refractivity contribution in [2.75, 3.05) is 31.1 Å². The van der Waals surface area contributed by atoms with Gasteiger partial charge in [-0.1, -0.05) is 37.3 Å². The molecule has 5 nitrogen and oxygen atoms in total. The molecule has 1 aliphatic rings. The summed E-state index contributed by atoms with van der Waals surface area (Å²) >= 11 is 0. The number of nitrogens with one attached hydrogen (secondary N) is 2. The molecule has 1 aromatic carbocycles. The van der Waals surface area contributed by atoms with Crippen LogP contribution in [0.4, 0.5) is 5.82 Å². The van der Waals surface area contributed by atoms with Gasteiger partial charge in [0.05, 0.1) is 0 Å². The van der Waals surface area contributed by atoms with E-state index in [1.54, 1.807) is 0 Å². The molecule has 1 aliphatic heterocycles. The zero-order chi connectivity index (χ0) is 19.6. The number of hydrogen-bond acceptors (Lipinski definition) is 3. The van der Waals surface area contributed by atoms with Crippen LogP contribution in [0.1, 0.15) is 37.8 Å². The van der Waals surface area contributed by atoms with Crippen LogP contribution in [0.15, 0.2) is 53.7 Å². The molecular formula is C23H34IN5. The van der Waals surface area contributed by atoms with E-state index < -0.39 is 0 Å². The van der Waals surface area contributed by atoms with Crippen LogP contribution in [-0.4, -0.2) is 43.2 Å². The Balaban J connectivity index is 0.00000300. The van der Waals surface area contributed by atoms with Gasteiger partial charge in [0.2, 0.25) is 0 Å². The Morgan fingerprint density at radius 2 is 1.79 bits per heavy atom. The number of hydrogen-bond donors (Lipinski definition) is 2. The van der Waals surface area contributed by atoms with Crippen LogP contribution < -0.4 is 15.5 Å². The highest BCUT2D eigenvalue weighted by Gasteiger charge is 2.20. The fourth-order valence-corrected chi connectivity index (χ4v) is 3.55. The molecule has 0 unspecified atom stereocenters. The summed E-state index contributed by atoms with van der Waals surface area (Å²) in [7, 11) is 0. The summed E-state index contributed by atoms with van der Waals surface area (Å²) in [5.74, 6) is 2.01. The van der Waals surface area contributed by atoms with E-state index in [0.29, 0.717) is 6.04 Å². The number of aryl methyl sites for hydroxylation is 1. The van der Waals surface area contributed by atoms with E-state index in [4.69, 9.17) is 4.99 Å². The topological polar surface area (TPSA) is 52.6 Å². The summed E-state index contributed by atoms with van der Waals surface area (Å²) in [5, 5.41) is 7.02. The minimum absolute atomic E-state index is 0. The van der Waals surface area contributed by atoms with Gasteiger partial charge in [0.25, 0.3) is 0 Å². The van der Waals surface area contributed by atoms with E-state index in [9.17, 15) is 0 Å². The van der Waals surface area contributed by atoms with E-state index in [0.717, 1.165) is 63.6 Å². The van der Waals surface area contributed by atoms with Gasteiger partial charge >= 0.3 is 0 Å². The second-order valence-electron chi connectivity index (χ2n) is 7.27. The zero-order valence-corrected chi connectivity index (χ0v) is 19.9. The van der Waals surface area contributed by atoms with E-state index in [1.807, 2.05) is 12.3 Å². The fourth-order valence-electron chi connectivity index (χ4n) is 3.55. The summed E-state index contributed by atoms with van der Waals surface area (Å²) in [6, 6.07) is 15.5. The van der Waals surface area contributed by atoms with Crippen molar-refractivity contribution >= 4 is 35.8 Å². The summed E-state index contributed by atoms with van der Waals surface area (Å²) < 4.78 is 0. The number of rotatable bonds is 7. The molecule has 29 heavy (non-hydrogen) atoms. The van der Waals surface area contributed by atoms with Crippen LogP contribution in [0.25, 0.3) is 0 Å². The number of nitrogens with zero attached hydrogens (tertiary/aromatic N) is 3. The largest absolute Gasteiger partial charge is 0.357 e. The quantitative estimate of drug-likeness (QED) is 0.338. The molecule has 2 N–H and O–H groups in total. The monoisotopic (exact) mass is 507 g/mol. The van der Waals surface area contributed by atoms with Crippen LogP contribution in [-0.2, 0) is 12.8 Å². The number of guanidine groups is 1. The highest BCUT2D eigenvalue weighted by atomic mass is 127. The molecule has 0 bridgehead atoms. The molecule has 158 valence electrons. The number of halogens is 1. The highest BCUT2D eigenvalue weighted by Crippen LogP contribution is 2.17. The first-order valence-corrected chi connectivity index (χ1v) is 10.6. The number of aromatic nitrogens is 1. The third kappa shape index (κ3) is 7.49. The van der Waals surface area contributed by atoms with Gasteiger partial charge < -0.3 is 15.5 Å². The van der Waals surface area contributed by atoms with Crippen molar-refractivity contribution < 1.29 is 0 Å². The summed E-state index contributed by atoms with van der Waals surface area (Å²) in [6.07, 6.45) is 6.12. The molecule has 1 fully saturated rings. The van der Waals surface area contributed by atoms with Gasteiger partial charge in [-0.3, -0.25) is 4.99 Å². The average molecular weight is 507 g/mol. The van der Waals surface area contributed by atoms with Crippen LogP contribution in [0.5, 0.6) is 0 Å². The lowest BCUT2D eigenvalue weighted by Gasteiger charge is -2.33. The highest BCUT2D eigenvalue weighted by molar-refractivity contribution is 14.0. The van der Waals surface area contributed by atoms with Crippen LogP contribution in [0, 0.1) is 0 Å². The molecule has 2 heterocycles. The van der Waals surface area contributed by atoms with Crippen molar-refractivity contribution in [3.8, 4) is 0 Å². The molecule has 6 heteroatoms. The van der Waals surface area contributed by atoms with Gasteiger partial charge in [0.15, 0.2) is 5.96 Å². The smallest absolute Gasteiger partial charge is 0.191 e. The van der Waals surface area contributed by atoms with Crippen molar-refractivity contribution in [3.05, 3.63) is 59.8 Å². The second kappa shape index (κ2) is 12.7. The molecule has 0 saturated carbocycles. The minimum Gasteiger partial charge on any atom is -0.357 e. The maximum Gasteiger partial charge on any atom is 0.191 e. The van der Waals surface area contributed by atoms with Gasteiger partial charge in [0.1, 0.15) is 5.82 Å². The lowest BCUT2D eigenvalue weighted by molar-refractivity contribution is 0.459. The Morgan fingerprint density at radius 1 is 1.07 bits per heavy atom. The molecule has 1 saturated heterocycles. The van der Waals surface area contributed by atoms with Crippen molar-refractivity contribution in [1.82, 2.24) is 15.6 Å². The number of benzene rings is 1. The maximum absolute atomic E-state index is 4.79. The molecule has 0 radical (unpaired) electrons. The van der Waals surface area contributed by atoms with Crippen LogP contribution in [0.3, 0.4) is 0 Å². The molecule has 0 aliphatic carbocycles. The number of pyridine rings is 1. The molecular weight excluding hydrogens is 473 g/mol. The predicted molar refractivity (Wildman–Crippen MR) is 134 cm³/mol. The van der Waals surface area contributed by atoms with Gasteiger partial charge in [0, 0.05) is 38.4 Å². The van der Waals surface area contributed by atoms with E-state index >= 15 is 0 Å². The third-order valence-corrected chi connectivity index (χ3v) is 5.25. The SMILES string of the molecule is CCNC(=NCCc1ccc(CC)cc1)NC1CCN(c2ccccn2)CC1.I. The van der Waals surface area contributed by atoms with Crippen LogP contribution >= 0.6 is 24.0 Å². The Morgan fingerprint density at radius 3 is 2.41 bits per heavy atom. The molecule has 0 spiro atoms. The Hall–Kier alpha value is -1.83. The Bertz CT molecular complexity index is 725. The molecule has 0 amide bonds. The third-order valence-electron chi connectivity index (χ3n) is 5.25. The Kier molecular flexibility index (Phi) is 10.2. The van der Waals surface area contributed by atoms with Crippen molar-refractivity contribution in [1.29, 1.82) is 0 Å². The van der Waals surface area contributed by atoms with Crippen molar-refractivity contribution in [3.63, 3.8) is 0 Å². The molecule has 0 atom stereocenters.